The van der Waals surface area contributed by atoms with Crippen molar-refractivity contribution in [2.24, 2.45) is 0 Å². The fourth-order valence-corrected chi connectivity index (χ4v) is 4.29. The summed E-state index contributed by atoms with van der Waals surface area (Å²) in [6.45, 7) is 3.94. The zero-order valence-electron chi connectivity index (χ0n) is 27.0. The van der Waals surface area contributed by atoms with Gasteiger partial charge in [0.25, 0.3) is 0 Å². The summed E-state index contributed by atoms with van der Waals surface area (Å²) >= 11 is 0. The van der Waals surface area contributed by atoms with Crippen LogP contribution in [0.4, 0.5) is 0 Å². The molecule has 0 aliphatic heterocycles. The summed E-state index contributed by atoms with van der Waals surface area (Å²) in [4.78, 5) is 24.1. The molecule has 0 aliphatic carbocycles. The Labute approximate surface area is 258 Å². The van der Waals surface area contributed by atoms with Gasteiger partial charge in [0.15, 0.2) is 6.10 Å². The minimum absolute atomic E-state index is 0.0962. The molecule has 0 bridgehead atoms. The average molecular weight is 587 g/mol. The highest BCUT2D eigenvalue weighted by Crippen LogP contribution is 2.12. The number of aliphatic hydroxyl groups is 1. The molecule has 0 aromatic heterocycles. The number of hydrogen-bond donors (Lipinski definition) is 1. The molecule has 0 amide bonds. The standard InChI is InChI=1S/C37H62O5/c1-3-5-7-9-11-13-15-16-17-18-19-20-22-23-25-27-29-31-36(39)41-34-35(33-38)42-37(40)32-30-28-26-24-21-14-12-10-8-6-4-2/h5,7,11,13,16-17,19-20,23,25,35,38H,3-4,6,8-10,12,14-15,18,21-22,24,26-34H2,1-2H3/t35-/m0/s1. The normalized spacial score (nSPS) is 12.9. The molecule has 0 aromatic rings. The van der Waals surface area contributed by atoms with Gasteiger partial charge in [-0.25, -0.2) is 0 Å². The van der Waals surface area contributed by atoms with Gasteiger partial charge in [-0.15, -0.1) is 0 Å². The molecule has 1 atom stereocenters. The van der Waals surface area contributed by atoms with Crippen LogP contribution in [-0.4, -0.2) is 36.4 Å². The Kier molecular flexibility index (Phi) is 31.2. The minimum atomic E-state index is -0.792. The maximum Gasteiger partial charge on any atom is 0.306 e. The van der Waals surface area contributed by atoms with Crippen LogP contribution in [0.1, 0.15) is 142 Å². The first-order valence-corrected chi connectivity index (χ1v) is 16.8. The molecule has 0 saturated heterocycles. The predicted molar refractivity (Wildman–Crippen MR) is 177 cm³/mol. The first-order valence-electron chi connectivity index (χ1n) is 16.8. The summed E-state index contributed by atoms with van der Waals surface area (Å²) < 4.78 is 10.5. The van der Waals surface area contributed by atoms with Gasteiger partial charge in [0.1, 0.15) is 6.61 Å². The Morgan fingerprint density at radius 1 is 0.571 bits per heavy atom. The molecule has 0 aromatic carbocycles. The van der Waals surface area contributed by atoms with E-state index < -0.39 is 6.10 Å². The first-order chi connectivity index (χ1) is 20.6. The number of carbonyl (C=O) groups excluding carboxylic acids is 2. The van der Waals surface area contributed by atoms with E-state index in [9.17, 15) is 14.7 Å². The van der Waals surface area contributed by atoms with Crippen LogP contribution in [0.25, 0.3) is 0 Å². The van der Waals surface area contributed by atoms with Crippen LogP contribution in [0.15, 0.2) is 60.8 Å². The first kappa shape index (κ1) is 39.6. The monoisotopic (exact) mass is 586 g/mol. The third-order valence-electron chi connectivity index (χ3n) is 6.83. The molecule has 0 fully saturated rings. The van der Waals surface area contributed by atoms with E-state index in [0.29, 0.717) is 19.3 Å². The number of ether oxygens (including phenoxy) is 2. The number of esters is 2. The van der Waals surface area contributed by atoms with E-state index >= 15 is 0 Å². The highest BCUT2D eigenvalue weighted by atomic mass is 16.6. The molecule has 0 saturated carbocycles. The van der Waals surface area contributed by atoms with Crippen molar-refractivity contribution in [1.29, 1.82) is 0 Å². The Bertz CT molecular complexity index is 762. The van der Waals surface area contributed by atoms with Crippen LogP contribution >= 0.6 is 0 Å². The quantitative estimate of drug-likeness (QED) is 0.0536. The summed E-state index contributed by atoms with van der Waals surface area (Å²) in [5.41, 5.74) is 0. The molecule has 0 unspecified atom stereocenters. The van der Waals surface area contributed by atoms with E-state index in [0.717, 1.165) is 57.8 Å². The highest BCUT2D eigenvalue weighted by molar-refractivity contribution is 5.70. The highest BCUT2D eigenvalue weighted by Gasteiger charge is 2.15. The van der Waals surface area contributed by atoms with Crippen molar-refractivity contribution in [3.63, 3.8) is 0 Å². The average Bonchev–Trinajstić information content (AvgIpc) is 2.99. The molecule has 0 rings (SSSR count). The second-order valence-corrected chi connectivity index (χ2v) is 10.9. The van der Waals surface area contributed by atoms with Gasteiger partial charge in [-0.2, -0.15) is 0 Å². The number of hydrogen-bond acceptors (Lipinski definition) is 5. The molecule has 42 heavy (non-hydrogen) atoms. The zero-order valence-corrected chi connectivity index (χ0v) is 27.0. The van der Waals surface area contributed by atoms with E-state index in [1.807, 2.05) is 0 Å². The summed E-state index contributed by atoms with van der Waals surface area (Å²) in [6, 6.07) is 0. The Morgan fingerprint density at radius 3 is 1.52 bits per heavy atom. The number of carbonyl (C=O) groups is 2. The van der Waals surface area contributed by atoms with Gasteiger partial charge in [0.05, 0.1) is 6.61 Å². The van der Waals surface area contributed by atoms with Gasteiger partial charge in [-0.1, -0.05) is 139 Å². The van der Waals surface area contributed by atoms with E-state index in [1.54, 1.807) is 0 Å². The predicted octanol–water partition coefficient (Wildman–Crippen LogP) is 10.1. The van der Waals surface area contributed by atoms with Crippen LogP contribution < -0.4 is 0 Å². The third-order valence-corrected chi connectivity index (χ3v) is 6.83. The van der Waals surface area contributed by atoms with E-state index in [1.165, 1.54) is 51.4 Å². The van der Waals surface area contributed by atoms with Gasteiger partial charge in [-0.05, 0) is 51.4 Å². The smallest absolute Gasteiger partial charge is 0.306 e. The zero-order chi connectivity index (χ0) is 30.8. The molecule has 1 N–H and O–H groups in total. The number of unbranched alkanes of at least 4 members (excludes halogenated alkanes) is 11. The number of rotatable bonds is 29. The van der Waals surface area contributed by atoms with E-state index in [-0.39, 0.29) is 25.2 Å². The Balaban J connectivity index is 3.72. The minimum Gasteiger partial charge on any atom is -0.462 e. The summed E-state index contributed by atoms with van der Waals surface area (Å²) in [5, 5.41) is 9.49. The van der Waals surface area contributed by atoms with Gasteiger partial charge in [-0.3, -0.25) is 9.59 Å². The number of aliphatic hydroxyl groups excluding tert-OH is 1. The van der Waals surface area contributed by atoms with Crippen LogP contribution in [-0.2, 0) is 19.1 Å². The maximum atomic E-state index is 12.1. The molecule has 240 valence electrons. The molecular weight excluding hydrogens is 524 g/mol. The van der Waals surface area contributed by atoms with Crippen molar-refractivity contribution in [3.8, 4) is 0 Å². The van der Waals surface area contributed by atoms with E-state index in [4.69, 9.17) is 9.47 Å². The van der Waals surface area contributed by atoms with Crippen LogP contribution in [0.5, 0.6) is 0 Å². The molecule has 5 heteroatoms. The Hall–Kier alpha value is -2.40. The van der Waals surface area contributed by atoms with Crippen molar-refractivity contribution >= 4 is 11.9 Å². The largest absolute Gasteiger partial charge is 0.462 e. The molecule has 0 aliphatic rings. The molecule has 0 heterocycles. The summed E-state index contributed by atoms with van der Waals surface area (Å²) in [6.07, 6.45) is 41.3. The summed E-state index contributed by atoms with van der Waals surface area (Å²) in [5.74, 6) is -0.665. The maximum absolute atomic E-state index is 12.1. The van der Waals surface area contributed by atoms with Crippen molar-refractivity contribution < 1.29 is 24.2 Å². The lowest BCUT2D eigenvalue weighted by Gasteiger charge is -2.15. The third kappa shape index (κ3) is 30.6. The van der Waals surface area contributed by atoms with Gasteiger partial charge >= 0.3 is 11.9 Å². The lowest BCUT2D eigenvalue weighted by molar-refractivity contribution is -0.161. The fraction of sp³-hybridized carbons (Fsp3) is 0.676. The fourth-order valence-electron chi connectivity index (χ4n) is 4.29. The lowest BCUT2D eigenvalue weighted by Crippen LogP contribution is -2.28. The molecular formula is C37H62O5. The number of allylic oxidation sites excluding steroid dienone is 10. The van der Waals surface area contributed by atoms with Crippen molar-refractivity contribution in [2.75, 3.05) is 13.2 Å². The van der Waals surface area contributed by atoms with Crippen molar-refractivity contribution in [1.82, 2.24) is 0 Å². The van der Waals surface area contributed by atoms with E-state index in [2.05, 4.69) is 74.6 Å². The Morgan fingerprint density at radius 2 is 1.02 bits per heavy atom. The van der Waals surface area contributed by atoms with Crippen molar-refractivity contribution in [2.45, 2.75) is 148 Å². The molecule has 0 spiro atoms. The second kappa shape index (κ2) is 33.1. The second-order valence-electron chi connectivity index (χ2n) is 10.9. The van der Waals surface area contributed by atoms with Gasteiger partial charge < -0.3 is 14.6 Å². The van der Waals surface area contributed by atoms with Crippen LogP contribution in [0.2, 0.25) is 0 Å². The lowest BCUT2D eigenvalue weighted by atomic mass is 10.1. The molecule has 5 nitrogen and oxygen atoms in total. The van der Waals surface area contributed by atoms with Gasteiger partial charge in [0, 0.05) is 12.8 Å². The van der Waals surface area contributed by atoms with Crippen LogP contribution in [0.3, 0.4) is 0 Å². The van der Waals surface area contributed by atoms with Crippen LogP contribution in [0, 0.1) is 0 Å². The topological polar surface area (TPSA) is 72.8 Å². The van der Waals surface area contributed by atoms with Gasteiger partial charge in [0.2, 0.25) is 0 Å². The van der Waals surface area contributed by atoms with Crippen molar-refractivity contribution in [3.05, 3.63) is 60.8 Å². The SMILES string of the molecule is CCC=CCC=CCC=CCC=CCC=CCCCC(=O)OC[C@H](CO)OC(=O)CCCCCCCCCCCCC. The summed E-state index contributed by atoms with van der Waals surface area (Å²) in [7, 11) is 0. The molecule has 0 radical (unpaired) electrons.